The van der Waals surface area contributed by atoms with Crippen molar-refractivity contribution < 1.29 is 9.90 Å². The first-order chi connectivity index (χ1) is 6.16. The predicted octanol–water partition coefficient (Wildman–Crippen LogP) is 2.36. The number of carboxylic acid groups (broad SMARTS) is 1. The van der Waals surface area contributed by atoms with Gasteiger partial charge in [-0.3, -0.25) is 4.79 Å². The molecule has 0 saturated carbocycles. The second-order valence-corrected chi connectivity index (χ2v) is 5.74. The number of rotatable bonds is 8. The van der Waals surface area contributed by atoms with Crippen LogP contribution in [0.15, 0.2) is 0 Å². The number of carboxylic acids is 1. The molecule has 0 saturated heterocycles. The highest BCUT2D eigenvalue weighted by molar-refractivity contribution is 8.76. The van der Waals surface area contributed by atoms with Crippen LogP contribution >= 0.6 is 33.4 Å². The SMILES string of the molecule is CC(CCC(=O)O)SSCCNCl. The van der Waals surface area contributed by atoms with Gasteiger partial charge in [-0.1, -0.05) is 28.5 Å². The molecular formula is C7H14ClNO2S2. The quantitative estimate of drug-likeness (QED) is 0.389. The minimum Gasteiger partial charge on any atom is -0.481 e. The van der Waals surface area contributed by atoms with Gasteiger partial charge in [0.2, 0.25) is 0 Å². The fourth-order valence-electron chi connectivity index (χ4n) is 0.619. The van der Waals surface area contributed by atoms with Gasteiger partial charge >= 0.3 is 5.97 Å². The van der Waals surface area contributed by atoms with E-state index in [-0.39, 0.29) is 6.42 Å². The van der Waals surface area contributed by atoms with E-state index in [0.717, 1.165) is 18.7 Å². The van der Waals surface area contributed by atoms with E-state index in [1.54, 1.807) is 21.6 Å². The second-order valence-electron chi connectivity index (χ2n) is 2.54. The lowest BCUT2D eigenvalue weighted by molar-refractivity contribution is -0.137. The number of hydrogen-bond donors (Lipinski definition) is 2. The van der Waals surface area contributed by atoms with Crippen molar-refractivity contribution in [2.75, 3.05) is 12.3 Å². The summed E-state index contributed by atoms with van der Waals surface area (Å²) in [7, 11) is 3.43. The van der Waals surface area contributed by atoms with E-state index in [4.69, 9.17) is 16.9 Å². The van der Waals surface area contributed by atoms with Gasteiger partial charge in [0.25, 0.3) is 0 Å². The molecule has 0 aliphatic carbocycles. The van der Waals surface area contributed by atoms with Gasteiger partial charge in [0.15, 0.2) is 0 Å². The maximum absolute atomic E-state index is 10.2. The van der Waals surface area contributed by atoms with Crippen LogP contribution < -0.4 is 4.84 Å². The van der Waals surface area contributed by atoms with Crippen LogP contribution in [0, 0.1) is 0 Å². The molecule has 13 heavy (non-hydrogen) atoms. The molecule has 0 aliphatic rings. The van der Waals surface area contributed by atoms with E-state index in [2.05, 4.69) is 4.84 Å². The molecule has 2 N–H and O–H groups in total. The highest BCUT2D eigenvalue weighted by Crippen LogP contribution is 2.28. The van der Waals surface area contributed by atoms with Crippen LogP contribution in [0.5, 0.6) is 0 Å². The van der Waals surface area contributed by atoms with Crippen LogP contribution in [0.2, 0.25) is 0 Å². The molecule has 78 valence electrons. The van der Waals surface area contributed by atoms with Crippen molar-refractivity contribution in [3.05, 3.63) is 0 Å². The predicted molar refractivity (Wildman–Crippen MR) is 60.2 cm³/mol. The van der Waals surface area contributed by atoms with Gasteiger partial charge in [0.05, 0.1) is 0 Å². The molecule has 0 aromatic carbocycles. The molecule has 0 bridgehead atoms. The largest absolute Gasteiger partial charge is 0.481 e. The lowest BCUT2D eigenvalue weighted by atomic mass is 10.2. The Morgan fingerprint density at radius 2 is 2.38 bits per heavy atom. The lowest BCUT2D eigenvalue weighted by Crippen LogP contribution is -2.04. The fourth-order valence-corrected chi connectivity index (χ4v) is 3.08. The van der Waals surface area contributed by atoms with Crippen LogP contribution in [0.4, 0.5) is 0 Å². The van der Waals surface area contributed by atoms with Crippen molar-refractivity contribution in [1.29, 1.82) is 0 Å². The zero-order valence-corrected chi connectivity index (χ0v) is 9.84. The van der Waals surface area contributed by atoms with E-state index in [1.807, 2.05) is 6.92 Å². The van der Waals surface area contributed by atoms with Crippen LogP contribution in [0.25, 0.3) is 0 Å². The molecule has 6 heteroatoms. The molecular weight excluding hydrogens is 230 g/mol. The summed E-state index contributed by atoms with van der Waals surface area (Å²) in [4.78, 5) is 12.8. The van der Waals surface area contributed by atoms with E-state index >= 15 is 0 Å². The summed E-state index contributed by atoms with van der Waals surface area (Å²) in [5.41, 5.74) is 0. The van der Waals surface area contributed by atoms with Crippen molar-refractivity contribution in [3.63, 3.8) is 0 Å². The molecule has 0 aromatic rings. The number of hydrogen-bond acceptors (Lipinski definition) is 4. The van der Waals surface area contributed by atoms with Gasteiger partial charge in [-0.2, -0.15) is 0 Å². The Hall–Kier alpha value is 0.420. The standard InChI is InChI=1S/C7H14ClNO2S2/c1-6(2-3-7(10)11)13-12-5-4-9-8/h6,9H,2-5H2,1H3,(H,10,11). The first-order valence-electron chi connectivity index (χ1n) is 4.00. The lowest BCUT2D eigenvalue weighted by Gasteiger charge is -2.07. The highest BCUT2D eigenvalue weighted by atomic mass is 35.5. The van der Waals surface area contributed by atoms with Crippen molar-refractivity contribution in [3.8, 4) is 0 Å². The highest BCUT2D eigenvalue weighted by Gasteiger charge is 2.05. The van der Waals surface area contributed by atoms with Gasteiger partial charge in [0.1, 0.15) is 0 Å². The van der Waals surface area contributed by atoms with Crippen molar-refractivity contribution in [2.24, 2.45) is 0 Å². The molecule has 0 aromatic heterocycles. The minimum absolute atomic E-state index is 0.252. The molecule has 1 unspecified atom stereocenters. The summed E-state index contributed by atoms with van der Waals surface area (Å²) in [6.45, 7) is 2.81. The number of nitrogens with one attached hydrogen (secondary N) is 1. The van der Waals surface area contributed by atoms with Gasteiger partial charge in [-0.05, 0) is 18.2 Å². The van der Waals surface area contributed by atoms with Crippen molar-refractivity contribution in [2.45, 2.75) is 25.0 Å². The van der Waals surface area contributed by atoms with Gasteiger partial charge in [-0.15, -0.1) is 0 Å². The van der Waals surface area contributed by atoms with Crippen LogP contribution in [-0.2, 0) is 4.79 Å². The zero-order chi connectivity index (χ0) is 10.1. The van der Waals surface area contributed by atoms with Crippen molar-refractivity contribution >= 4 is 39.3 Å². The fraction of sp³-hybridized carbons (Fsp3) is 0.857. The number of carbonyl (C=O) groups is 1. The summed E-state index contributed by atoms with van der Waals surface area (Å²) < 4.78 is 0. The molecule has 0 rings (SSSR count). The molecule has 0 spiro atoms. The van der Waals surface area contributed by atoms with Gasteiger partial charge in [-0.25, -0.2) is 4.84 Å². The van der Waals surface area contributed by atoms with Crippen LogP contribution in [0.1, 0.15) is 19.8 Å². The second kappa shape index (κ2) is 8.99. The summed E-state index contributed by atoms with van der Waals surface area (Å²) in [5, 5.41) is 8.81. The average Bonchev–Trinajstić information content (AvgIpc) is 2.09. The average molecular weight is 244 g/mol. The third-order valence-electron chi connectivity index (χ3n) is 1.28. The maximum atomic E-state index is 10.2. The summed E-state index contributed by atoms with van der Waals surface area (Å²) in [6, 6.07) is 0. The van der Waals surface area contributed by atoms with E-state index in [9.17, 15) is 4.79 Å². The van der Waals surface area contributed by atoms with Crippen LogP contribution in [0.3, 0.4) is 0 Å². The third-order valence-corrected chi connectivity index (χ3v) is 4.43. The van der Waals surface area contributed by atoms with Crippen molar-refractivity contribution in [1.82, 2.24) is 4.84 Å². The van der Waals surface area contributed by atoms with E-state index < -0.39 is 5.97 Å². The molecule has 0 aliphatic heterocycles. The smallest absolute Gasteiger partial charge is 0.303 e. The molecule has 0 radical (unpaired) electrons. The van der Waals surface area contributed by atoms with Gasteiger partial charge < -0.3 is 5.11 Å². The molecule has 0 heterocycles. The maximum Gasteiger partial charge on any atom is 0.303 e. The zero-order valence-electron chi connectivity index (χ0n) is 7.46. The number of halogens is 1. The topological polar surface area (TPSA) is 49.3 Å². The Morgan fingerprint density at radius 3 is 2.92 bits per heavy atom. The Kier molecular flexibility index (Phi) is 9.28. The Morgan fingerprint density at radius 1 is 1.69 bits per heavy atom. The summed E-state index contributed by atoms with van der Waals surface area (Å²) in [5.74, 6) is 0.214. The molecule has 3 nitrogen and oxygen atoms in total. The summed E-state index contributed by atoms with van der Waals surface area (Å²) >= 11 is 5.27. The molecule has 0 amide bonds. The Bertz CT molecular complexity index is 148. The summed E-state index contributed by atoms with van der Waals surface area (Å²) in [6.07, 6.45) is 0.976. The molecule has 0 fully saturated rings. The third kappa shape index (κ3) is 10.3. The van der Waals surface area contributed by atoms with E-state index in [1.165, 1.54) is 0 Å². The Labute approximate surface area is 91.5 Å². The minimum atomic E-state index is -0.722. The monoisotopic (exact) mass is 243 g/mol. The Balaban J connectivity index is 3.19. The first-order valence-corrected chi connectivity index (χ1v) is 6.76. The van der Waals surface area contributed by atoms with Crippen LogP contribution in [-0.4, -0.2) is 28.6 Å². The first kappa shape index (κ1) is 13.4. The van der Waals surface area contributed by atoms with E-state index in [0.29, 0.717) is 5.25 Å². The number of aliphatic carboxylic acids is 1. The van der Waals surface area contributed by atoms with Gasteiger partial charge in [0, 0.05) is 24.0 Å². The molecule has 1 atom stereocenters. The normalized spacial score (nSPS) is 12.8.